The van der Waals surface area contributed by atoms with E-state index in [1.54, 1.807) is 0 Å². The second kappa shape index (κ2) is 5.45. The number of likely N-dealkylation sites (N-methyl/N-ethyl adjacent to an activating group) is 1. The Morgan fingerprint density at radius 3 is 1.78 bits per heavy atom. The molecule has 3 fully saturated rings. The molecule has 3 aliphatic rings. The highest BCUT2D eigenvalue weighted by molar-refractivity contribution is 4.94. The van der Waals surface area contributed by atoms with E-state index in [0.717, 1.165) is 12.1 Å². The van der Waals surface area contributed by atoms with Gasteiger partial charge in [0.2, 0.25) is 0 Å². The first-order chi connectivity index (χ1) is 8.72. The first-order valence-corrected chi connectivity index (χ1v) is 7.57. The third-order valence-corrected chi connectivity index (χ3v) is 5.15. The van der Waals surface area contributed by atoms with Crippen molar-refractivity contribution < 1.29 is 0 Å². The highest BCUT2D eigenvalue weighted by Gasteiger charge is 2.37. The van der Waals surface area contributed by atoms with Crippen LogP contribution in [0.15, 0.2) is 0 Å². The number of piperazine rings is 1. The Hall–Kier alpha value is -0.160. The van der Waals surface area contributed by atoms with E-state index >= 15 is 0 Å². The highest BCUT2D eigenvalue weighted by Crippen LogP contribution is 2.24. The second-order valence-electron chi connectivity index (χ2n) is 6.48. The second-order valence-corrected chi connectivity index (χ2v) is 6.48. The van der Waals surface area contributed by atoms with E-state index in [2.05, 4.69) is 33.7 Å². The first-order valence-electron chi connectivity index (χ1n) is 7.57. The van der Waals surface area contributed by atoms with Crippen LogP contribution in [-0.2, 0) is 0 Å². The molecule has 0 aromatic heterocycles. The van der Waals surface area contributed by atoms with Crippen LogP contribution in [0.25, 0.3) is 0 Å². The highest BCUT2D eigenvalue weighted by atomic mass is 15.4. The molecule has 3 saturated heterocycles. The predicted octanol–water partition coefficient (Wildman–Crippen LogP) is 0.0122. The van der Waals surface area contributed by atoms with E-state index in [1.807, 2.05) is 0 Å². The van der Waals surface area contributed by atoms with E-state index in [-0.39, 0.29) is 0 Å². The van der Waals surface area contributed by atoms with Gasteiger partial charge in [0.05, 0.1) is 0 Å². The minimum Gasteiger partial charge on any atom is -0.306 e. The number of likely N-dealkylation sites (tertiary alicyclic amines) is 2. The van der Waals surface area contributed by atoms with E-state index in [0.29, 0.717) is 0 Å². The van der Waals surface area contributed by atoms with Gasteiger partial charge in [0.1, 0.15) is 0 Å². The van der Waals surface area contributed by atoms with Gasteiger partial charge in [-0.2, -0.15) is 0 Å². The summed E-state index contributed by atoms with van der Waals surface area (Å²) in [6.45, 7) is 10.3. The average Bonchev–Trinajstić information content (AvgIpc) is 2.32. The van der Waals surface area contributed by atoms with Gasteiger partial charge in [-0.3, -0.25) is 9.80 Å². The van der Waals surface area contributed by atoms with Crippen molar-refractivity contribution in [2.75, 3.05) is 66.5 Å². The summed E-state index contributed by atoms with van der Waals surface area (Å²) in [6, 6.07) is 1.74. The smallest absolute Gasteiger partial charge is 0.0351 e. The molecule has 0 spiro atoms. The molecule has 3 aliphatic heterocycles. The maximum absolute atomic E-state index is 2.73. The number of piperidine rings is 1. The number of hydrogen-bond donors (Lipinski definition) is 0. The summed E-state index contributed by atoms with van der Waals surface area (Å²) >= 11 is 0. The number of hydrogen-bond acceptors (Lipinski definition) is 4. The molecule has 0 saturated carbocycles. The lowest BCUT2D eigenvalue weighted by Gasteiger charge is -2.51. The number of rotatable bonds is 2. The van der Waals surface area contributed by atoms with Crippen LogP contribution in [0, 0.1) is 0 Å². The minimum atomic E-state index is 0.860. The van der Waals surface area contributed by atoms with Gasteiger partial charge in [-0.05, 0) is 40.0 Å². The Labute approximate surface area is 112 Å². The lowest BCUT2D eigenvalue weighted by molar-refractivity contribution is -0.0262. The molecule has 3 rings (SSSR count). The summed E-state index contributed by atoms with van der Waals surface area (Å²) in [7, 11) is 4.49. The van der Waals surface area contributed by atoms with Gasteiger partial charge in [-0.25, -0.2) is 0 Å². The molecule has 0 radical (unpaired) electrons. The van der Waals surface area contributed by atoms with Crippen LogP contribution in [0.2, 0.25) is 0 Å². The molecule has 0 N–H and O–H groups in total. The van der Waals surface area contributed by atoms with Crippen LogP contribution in [0.3, 0.4) is 0 Å². The summed E-state index contributed by atoms with van der Waals surface area (Å²) in [6.07, 6.45) is 2.76. The van der Waals surface area contributed by atoms with Crippen LogP contribution in [0.1, 0.15) is 12.8 Å². The van der Waals surface area contributed by atoms with Crippen molar-refractivity contribution in [1.29, 1.82) is 0 Å². The average molecular weight is 252 g/mol. The normalized spacial score (nSPS) is 31.7. The lowest BCUT2D eigenvalue weighted by atomic mass is 9.96. The fourth-order valence-corrected chi connectivity index (χ4v) is 3.56. The third kappa shape index (κ3) is 2.72. The molecule has 4 heteroatoms. The Balaban J connectivity index is 1.40. The largest absolute Gasteiger partial charge is 0.306 e. The van der Waals surface area contributed by atoms with Crippen molar-refractivity contribution in [3.8, 4) is 0 Å². The molecular formula is C14H28N4. The fraction of sp³-hybridized carbons (Fsp3) is 1.00. The van der Waals surface area contributed by atoms with E-state index in [1.165, 1.54) is 65.2 Å². The quantitative estimate of drug-likeness (QED) is 0.686. The Morgan fingerprint density at radius 2 is 1.17 bits per heavy atom. The standard InChI is InChI=1S/C14H28N4/c1-15-5-3-13(4-6-15)18-11-14(12-18)17-9-7-16(2)8-10-17/h13-14H,3-12H2,1-2H3. The maximum atomic E-state index is 2.73. The van der Waals surface area contributed by atoms with Crippen LogP contribution in [0.5, 0.6) is 0 Å². The van der Waals surface area contributed by atoms with E-state index < -0.39 is 0 Å². The monoisotopic (exact) mass is 252 g/mol. The Bertz CT molecular complexity index is 235. The zero-order chi connectivity index (χ0) is 12.5. The SMILES string of the molecule is CN1CCC(N2CC(N3CCN(C)CC3)C2)CC1. The zero-order valence-electron chi connectivity index (χ0n) is 12.0. The van der Waals surface area contributed by atoms with E-state index in [9.17, 15) is 0 Å². The van der Waals surface area contributed by atoms with Crippen LogP contribution < -0.4 is 0 Å². The van der Waals surface area contributed by atoms with Gasteiger partial charge in [0.25, 0.3) is 0 Å². The predicted molar refractivity (Wildman–Crippen MR) is 75.0 cm³/mol. The summed E-state index contributed by atoms with van der Waals surface area (Å²) in [4.78, 5) is 10.4. The molecule has 0 aromatic carbocycles. The molecular weight excluding hydrogens is 224 g/mol. The Kier molecular flexibility index (Phi) is 3.89. The third-order valence-electron chi connectivity index (χ3n) is 5.15. The van der Waals surface area contributed by atoms with E-state index in [4.69, 9.17) is 0 Å². The Morgan fingerprint density at radius 1 is 0.611 bits per heavy atom. The molecule has 0 amide bonds. The van der Waals surface area contributed by atoms with Crippen molar-refractivity contribution in [3.05, 3.63) is 0 Å². The molecule has 0 bridgehead atoms. The van der Waals surface area contributed by atoms with Crippen LogP contribution in [-0.4, -0.2) is 98.1 Å². The summed E-state index contributed by atoms with van der Waals surface area (Å²) in [5, 5.41) is 0. The van der Waals surface area contributed by atoms with Crippen molar-refractivity contribution in [2.24, 2.45) is 0 Å². The molecule has 0 unspecified atom stereocenters. The zero-order valence-corrected chi connectivity index (χ0v) is 12.0. The number of nitrogens with zero attached hydrogens (tertiary/aromatic N) is 4. The van der Waals surface area contributed by atoms with Gasteiger partial charge >= 0.3 is 0 Å². The first kappa shape index (κ1) is 12.9. The van der Waals surface area contributed by atoms with Crippen molar-refractivity contribution in [2.45, 2.75) is 24.9 Å². The van der Waals surface area contributed by atoms with Crippen LogP contribution >= 0.6 is 0 Å². The van der Waals surface area contributed by atoms with Gasteiger partial charge in [0, 0.05) is 51.4 Å². The molecule has 18 heavy (non-hydrogen) atoms. The van der Waals surface area contributed by atoms with Crippen LogP contribution in [0.4, 0.5) is 0 Å². The summed E-state index contributed by atoms with van der Waals surface area (Å²) in [5.74, 6) is 0. The topological polar surface area (TPSA) is 13.0 Å². The van der Waals surface area contributed by atoms with Crippen molar-refractivity contribution in [1.82, 2.24) is 19.6 Å². The van der Waals surface area contributed by atoms with Crippen molar-refractivity contribution >= 4 is 0 Å². The minimum absolute atomic E-state index is 0.860. The molecule has 0 aromatic rings. The molecule has 104 valence electrons. The molecule has 3 heterocycles. The van der Waals surface area contributed by atoms with Gasteiger partial charge in [-0.15, -0.1) is 0 Å². The summed E-state index contributed by atoms with van der Waals surface area (Å²) < 4.78 is 0. The molecule has 0 atom stereocenters. The van der Waals surface area contributed by atoms with Crippen molar-refractivity contribution in [3.63, 3.8) is 0 Å². The lowest BCUT2D eigenvalue weighted by Crippen LogP contribution is -2.65. The molecule has 0 aliphatic carbocycles. The van der Waals surface area contributed by atoms with Gasteiger partial charge in [0.15, 0.2) is 0 Å². The molecule has 4 nitrogen and oxygen atoms in total. The van der Waals surface area contributed by atoms with Gasteiger partial charge < -0.3 is 9.80 Å². The summed E-state index contributed by atoms with van der Waals surface area (Å²) in [5.41, 5.74) is 0. The fourth-order valence-electron chi connectivity index (χ4n) is 3.56. The van der Waals surface area contributed by atoms with Gasteiger partial charge in [-0.1, -0.05) is 0 Å². The maximum Gasteiger partial charge on any atom is 0.0351 e.